The van der Waals surface area contributed by atoms with E-state index in [4.69, 9.17) is 10.5 Å². The summed E-state index contributed by atoms with van der Waals surface area (Å²) in [6.07, 6.45) is -1.80. The number of halogens is 3. The van der Waals surface area contributed by atoms with E-state index in [2.05, 4.69) is 19.7 Å². The van der Waals surface area contributed by atoms with Gasteiger partial charge in [-0.25, -0.2) is 4.98 Å². The number of para-hydroxylation sites is 1. The highest BCUT2D eigenvalue weighted by Crippen LogP contribution is 2.34. The maximum absolute atomic E-state index is 12.6. The van der Waals surface area contributed by atoms with Gasteiger partial charge >= 0.3 is 6.36 Å². The van der Waals surface area contributed by atoms with Gasteiger partial charge in [-0.1, -0.05) is 12.1 Å². The number of carbonyl (C=O) groups excluding carboxylic acids is 1. The van der Waals surface area contributed by atoms with Crippen LogP contribution in [0.25, 0.3) is 22.3 Å². The zero-order valence-corrected chi connectivity index (χ0v) is 15.6. The monoisotopic (exact) mass is 426 g/mol. The van der Waals surface area contributed by atoms with E-state index in [0.717, 1.165) is 12.1 Å². The fourth-order valence-corrected chi connectivity index (χ4v) is 2.84. The number of rotatable bonds is 5. The second-order valence-corrected chi connectivity index (χ2v) is 6.28. The van der Waals surface area contributed by atoms with Crippen LogP contribution in [0.5, 0.6) is 17.4 Å². The molecule has 0 fully saturated rings. The van der Waals surface area contributed by atoms with Crippen LogP contribution in [0, 0.1) is 0 Å². The van der Waals surface area contributed by atoms with Gasteiger partial charge in [0.25, 0.3) is 5.91 Å². The molecule has 10 heteroatoms. The number of nitrogens with zero attached hydrogens (tertiary/aromatic N) is 3. The lowest BCUT2D eigenvalue weighted by Crippen LogP contribution is -2.17. The smallest absolute Gasteiger partial charge is 0.437 e. The van der Waals surface area contributed by atoms with Crippen molar-refractivity contribution in [2.24, 2.45) is 5.73 Å². The Bertz CT molecular complexity index is 1260. The number of hydrogen-bond acceptors (Lipinski definition) is 6. The molecule has 0 saturated heterocycles. The lowest BCUT2D eigenvalue weighted by atomic mass is 10.2. The summed E-state index contributed by atoms with van der Waals surface area (Å²) in [6, 6.07) is 13.2. The first-order valence-corrected chi connectivity index (χ1v) is 8.85. The lowest BCUT2D eigenvalue weighted by molar-refractivity contribution is -0.274. The minimum absolute atomic E-state index is 0.0242. The van der Waals surface area contributed by atoms with Gasteiger partial charge in [-0.15, -0.1) is 13.2 Å². The Kier molecular flexibility index (Phi) is 5.12. The van der Waals surface area contributed by atoms with Crippen molar-refractivity contribution in [2.75, 3.05) is 0 Å². The zero-order chi connectivity index (χ0) is 22.0. The average molecular weight is 426 g/mol. The fraction of sp³-hybridized carbons (Fsp3) is 0.0476. The van der Waals surface area contributed by atoms with Crippen molar-refractivity contribution in [3.63, 3.8) is 0 Å². The van der Waals surface area contributed by atoms with Crippen LogP contribution in [0.2, 0.25) is 0 Å². The van der Waals surface area contributed by atoms with E-state index in [-0.39, 0.29) is 28.5 Å². The van der Waals surface area contributed by atoms with Crippen molar-refractivity contribution in [1.29, 1.82) is 0 Å². The second kappa shape index (κ2) is 7.90. The number of primary amides is 1. The highest BCUT2D eigenvalue weighted by atomic mass is 19.4. The highest BCUT2D eigenvalue weighted by molar-refractivity contribution is 5.96. The van der Waals surface area contributed by atoms with Crippen LogP contribution in [0.15, 0.2) is 67.0 Å². The Labute approximate surface area is 173 Å². The summed E-state index contributed by atoms with van der Waals surface area (Å²) in [4.78, 5) is 24.4. The number of pyridine rings is 1. The molecule has 7 nitrogen and oxygen atoms in total. The summed E-state index contributed by atoms with van der Waals surface area (Å²) < 4.78 is 47.8. The third-order valence-corrected chi connectivity index (χ3v) is 4.15. The van der Waals surface area contributed by atoms with Gasteiger partial charge in [-0.2, -0.15) is 4.98 Å². The summed E-state index contributed by atoms with van der Waals surface area (Å²) in [5.41, 5.74) is 6.17. The predicted octanol–water partition coefficient (Wildman–Crippen LogP) is 4.48. The van der Waals surface area contributed by atoms with Crippen LogP contribution in [-0.4, -0.2) is 27.2 Å². The molecule has 0 unspecified atom stereocenters. The molecule has 31 heavy (non-hydrogen) atoms. The number of ether oxygens (including phenoxy) is 2. The van der Waals surface area contributed by atoms with Crippen LogP contribution in [-0.2, 0) is 0 Å². The predicted molar refractivity (Wildman–Crippen MR) is 104 cm³/mol. The molecule has 156 valence electrons. The molecule has 2 heterocycles. The third-order valence-electron chi connectivity index (χ3n) is 4.15. The van der Waals surface area contributed by atoms with E-state index in [0.29, 0.717) is 10.9 Å². The molecule has 4 rings (SSSR count). The number of fused-ring (bicyclic) bond motifs is 1. The van der Waals surface area contributed by atoms with Crippen molar-refractivity contribution in [3.05, 3.63) is 72.6 Å². The van der Waals surface area contributed by atoms with E-state index in [9.17, 15) is 18.0 Å². The standard InChI is InChI=1S/C21H13F3N4O3/c22-21(23,24)31-13-7-8-14-16(10-13)27-19(12-4-3-9-26-11-12)28-20(14)30-17-6-2-1-5-15(17)18(25)29/h1-11H,(H2,25,29). The fourth-order valence-electron chi connectivity index (χ4n) is 2.84. The number of carbonyl (C=O) groups is 1. The van der Waals surface area contributed by atoms with Gasteiger partial charge in [0.1, 0.15) is 11.5 Å². The zero-order valence-electron chi connectivity index (χ0n) is 15.6. The molecule has 4 aromatic rings. The molecule has 0 aliphatic heterocycles. The van der Waals surface area contributed by atoms with Crippen LogP contribution >= 0.6 is 0 Å². The molecule has 0 radical (unpaired) electrons. The molecule has 0 spiro atoms. The molecule has 0 saturated carbocycles. The minimum Gasteiger partial charge on any atom is -0.437 e. The number of hydrogen-bond donors (Lipinski definition) is 1. The number of benzene rings is 2. The Morgan fingerprint density at radius 3 is 2.52 bits per heavy atom. The highest BCUT2D eigenvalue weighted by Gasteiger charge is 2.31. The molecule has 2 aromatic carbocycles. The second-order valence-electron chi connectivity index (χ2n) is 6.28. The van der Waals surface area contributed by atoms with Gasteiger partial charge in [0.05, 0.1) is 16.5 Å². The van der Waals surface area contributed by atoms with E-state index in [1.54, 1.807) is 30.5 Å². The van der Waals surface area contributed by atoms with Gasteiger partial charge in [0.15, 0.2) is 5.82 Å². The minimum atomic E-state index is -4.85. The molecule has 2 N–H and O–H groups in total. The first-order chi connectivity index (χ1) is 14.8. The molecule has 0 aliphatic carbocycles. The van der Waals surface area contributed by atoms with Crippen LogP contribution in [0.3, 0.4) is 0 Å². The number of nitrogens with two attached hydrogens (primary N) is 1. The van der Waals surface area contributed by atoms with E-state index in [1.165, 1.54) is 24.4 Å². The summed E-state index contributed by atoms with van der Waals surface area (Å²) >= 11 is 0. The maximum Gasteiger partial charge on any atom is 0.573 e. The lowest BCUT2D eigenvalue weighted by Gasteiger charge is -2.13. The maximum atomic E-state index is 12.6. The Hall–Kier alpha value is -4.21. The number of amides is 1. The largest absolute Gasteiger partial charge is 0.573 e. The summed E-state index contributed by atoms with van der Waals surface area (Å²) in [6.45, 7) is 0. The summed E-state index contributed by atoms with van der Waals surface area (Å²) in [5.74, 6) is -0.822. The van der Waals surface area contributed by atoms with E-state index >= 15 is 0 Å². The summed E-state index contributed by atoms with van der Waals surface area (Å²) in [5, 5.41) is 0.307. The van der Waals surface area contributed by atoms with Crippen LogP contribution in [0.4, 0.5) is 13.2 Å². The topological polar surface area (TPSA) is 100 Å². The van der Waals surface area contributed by atoms with Crippen molar-refractivity contribution in [3.8, 4) is 28.8 Å². The van der Waals surface area contributed by atoms with Crippen molar-refractivity contribution in [1.82, 2.24) is 15.0 Å². The molecule has 0 atom stereocenters. The van der Waals surface area contributed by atoms with Crippen molar-refractivity contribution >= 4 is 16.8 Å². The quantitative estimate of drug-likeness (QED) is 0.505. The Morgan fingerprint density at radius 1 is 1.00 bits per heavy atom. The van der Waals surface area contributed by atoms with Gasteiger partial charge in [0, 0.05) is 24.0 Å². The Balaban J connectivity index is 1.87. The van der Waals surface area contributed by atoms with Crippen LogP contribution < -0.4 is 15.2 Å². The molecule has 0 bridgehead atoms. The van der Waals surface area contributed by atoms with Crippen LogP contribution in [0.1, 0.15) is 10.4 Å². The average Bonchev–Trinajstić information content (AvgIpc) is 2.73. The normalized spacial score (nSPS) is 11.3. The van der Waals surface area contributed by atoms with Gasteiger partial charge in [-0.05, 0) is 36.4 Å². The third kappa shape index (κ3) is 4.53. The first kappa shape index (κ1) is 20.1. The molecular formula is C21H13F3N4O3. The van der Waals surface area contributed by atoms with Gasteiger partial charge in [0.2, 0.25) is 5.88 Å². The van der Waals surface area contributed by atoms with E-state index < -0.39 is 18.0 Å². The molecule has 2 aromatic heterocycles. The van der Waals surface area contributed by atoms with Crippen molar-refractivity contribution < 1.29 is 27.4 Å². The number of aromatic nitrogens is 3. The SMILES string of the molecule is NC(=O)c1ccccc1Oc1nc(-c2cccnc2)nc2cc(OC(F)(F)F)ccc12. The molecule has 0 aliphatic rings. The van der Waals surface area contributed by atoms with E-state index in [1.807, 2.05) is 0 Å². The number of alkyl halides is 3. The summed E-state index contributed by atoms with van der Waals surface area (Å²) in [7, 11) is 0. The van der Waals surface area contributed by atoms with Crippen molar-refractivity contribution in [2.45, 2.75) is 6.36 Å². The van der Waals surface area contributed by atoms with Gasteiger partial charge < -0.3 is 15.2 Å². The molecular weight excluding hydrogens is 413 g/mol. The molecule has 1 amide bonds. The first-order valence-electron chi connectivity index (χ1n) is 8.85. The van der Waals surface area contributed by atoms with Gasteiger partial charge in [-0.3, -0.25) is 9.78 Å². The Morgan fingerprint density at radius 2 is 1.81 bits per heavy atom.